The Labute approximate surface area is 287 Å². The number of hydrogen-bond acceptors (Lipinski definition) is 4. The molecule has 0 N–H and O–H groups in total. The lowest BCUT2D eigenvalue weighted by molar-refractivity contribution is 0.669. The van der Waals surface area contributed by atoms with Gasteiger partial charge in [0.1, 0.15) is 22.3 Å². The topological polar surface area (TPSA) is 52.1 Å². The summed E-state index contributed by atoms with van der Waals surface area (Å²) in [6.45, 7) is 0. The molecule has 4 heteroatoms. The fourth-order valence-corrected chi connectivity index (χ4v) is 7.10. The molecule has 0 amide bonds. The van der Waals surface area contributed by atoms with Crippen LogP contribution < -0.4 is 0 Å². The smallest absolute Gasteiger partial charge is 0.160 e. The fraction of sp³-hybridized carbons (Fsp3) is 0. The van der Waals surface area contributed by atoms with Crippen molar-refractivity contribution in [3.63, 3.8) is 0 Å². The molecule has 0 unspecified atom stereocenters. The van der Waals surface area contributed by atoms with Crippen molar-refractivity contribution in [3.8, 4) is 56.2 Å². The summed E-state index contributed by atoms with van der Waals surface area (Å²) >= 11 is 0. The summed E-state index contributed by atoms with van der Waals surface area (Å²) in [5.74, 6) is 0.619. The quantitative estimate of drug-likeness (QED) is 0.188. The van der Waals surface area contributed by atoms with Crippen LogP contribution in [0, 0.1) is 0 Å². The highest BCUT2D eigenvalue weighted by atomic mass is 16.3. The van der Waals surface area contributed by atoms with Gasteiger partial charge in [-0.25, -0.2) is 9.97 Å². The molecule has 0 aliphatic rings. The Balaban J connectivity index is 1.26. The normalized spacial score (nSPS) is 11.6. The van der Waals surface area contributed by atoms with Crippen molar-refractivity contribution >= 4 is 43.9 Å². The van der Waals surface area contributed by atoms with Crippen molar-refractivity contribution < 1.29 is 8.83 Å². The van der Waals surface area contributed by atoms with E-state index >= 15 is 0 Å². The van der Waals surface area contributed by atoms with Gasteiger partial charge in [0.2, 0.25) is 0 Å². The molecular weight excluding hydrogens is 613 g/mol. The summed E-state index contributed by atoms with van der Waals surface area (Å²) in [4.78, 5) is 10.6. The molecule has 0 radical (unpaired) electrons. The van der Waals surface area contributed by atoms with Crippen LogP contribution in [0.1, 0.15) is 0 Å². The van der Waals surface area contributed by atoms with E-state index < -0.39 is 0 Å². The van der Waals surface area contributed by atoms with Crippen molar-refractivity contribution in [3.05, 3.63) is 170 Å². The van der Waals surface area contributed by atoms with Crippen molar-refractivity contribution in [1.29, 1.82) is 0 Å². The van der Waals surface area contributed by atoms with E-state index in [1.54, 1.807) is 0 Å². The van der Waals surface area contributed by atoms with E-state index in [0.717, 1.165) is 94.2 Å². The Bertz CT molecular complexity index is 2680. The number of nitrogens with zero attached hydrogens (tertiary/aromatic N) is 2. The van der Waals surface area contributed by atoms with Crippen molar-refractivity contribution in [2.75, 3.05) is 0 Å². The molecule has 10 rings (SSSR count). The van der Waals surface area contributed by atoms with Gasteiger partial charge in [0, 0.05) is 38.2 Å². The van der Waals surface area contributed by atoms with E-state index in [-0.39, 0.29) is 0 Å². The third-order valence-corrected chi connectivity index (χ3v) is 9.49. The first-order valence-electron chi connectivity index (χ1n) is 16.7. The number of rotatable bonds is 5. The second kappa shape index (κ2) is 11.4. The second-order valence-corrected chi connectivity index (χ2v) is 12.6. The SMILES string of the molecule is c1ccc(-c2cc(-c3ccccc3)cc(-c3nc(-c4cccc5c4oc4ccccc45)cc(-c4cccc5c4oc4ccccc45)n3)c2)cc1. The lowest BCUT2D eigenvalue weighted by Gasteiger charge is -2.13. The molecule has 3 aromatic heterocycles. The zero-order valence-electron chi connectivity index (χ0n) is 26.9. The van der Waals surface area contributed by atoms with Gasteiger partial charge in [-0.1, -0.05) is 121 Å². The molecule has 0 atom stereocenters. The molecule has 0 fully saturated rings. The summed E-state index contributed by atoms with van der Waals surface area (Å²) in [6.07, 6.45) is 0. The number of hydrogen-bond donors (Lipinski definition) is 0. The molecule has 7 aromatic carbocycles. The van der Waals surface area contributed by atoms with Gasteiger partial charge >= 0.3 is 0 Å². The maximum atomic E-state index is 6.51. The highest BCUT2D eigenvalue weighted by Gasteiger charge is 2.20. The highest BCUT2D eigenvalue weighted by molar-refractivity contribution is 6.11. The zero-order valence-corrected chi connectivity index (χ0v) is 26.9. The van der Waals surface area contributed by atoms with E-state index in [1.165, 1.54) is 0 Å². The Morgan fingerprint density at radius 2 is 0.740 bits per heavy atom. The van der Waals surface area contributed by atoms with Gasteiger partial charge in [-0.15, -0.1) is 0 Å². The number of aromatic nitrogens is 2. The third-order valence-electron chi connectivity index (χ3n) is 9.49. The monoisotopic (exact) mass is 640 g/mol. The van der Waals surface area contributed by atoms with Crippen LogP contribution in [0.25, 0.3) is 100 Å². The Morgan fingerprint density at radius 3 is 1.24 bits per heavy atom. The minimum Gasteiger partial charge on any atom is -0.455 e. The van der Waals surface area contributed by atoms with E-state index in [4.69, 9.17) is 18.8 Å². The first kappa shape index (κ1) is 28.3. The molecule has 4 nitrogen and oxygen atoms in total. The standard InChI is InChI=1S/C46H28N2O2/c1-3-13-29(14-4-1)31-25-32(30-15-5-2-6-16-30)27-33(26-31)46-47-40(38-21-11-19-36-34-17-7-9-23-42(34)49-44(36)38)28-41(48-46)39-22-12-20-37-35-18-8-10-24-43(35)50-45(37)39/h1-28H. The maximum absolute atomic E-state index is 6.51. The van der Waals surface area contributed by atoms with Crippen molar-refractivity contribution in [1.82, 2.24) is 9.97 Å². The molecule has 0 bridgehead atoms. The summed E-state index contributed by atoms with van der Waals surface area (Å²) < 4.78 is 13.0. The highest BCUT2D eigenvalue weighted by Crippen LogP contribution is 2.40. The van der Waals surface area contributed by atoms with Crippen LogP contribution in [0.4, 0.5) is 0 Å². The first-order valence-corrected chi connectivity index (χ1v) is 16.7. The Morgan fingerprint density at radius 1 is 0.320 bits per heavy atom. The molecule has 10 aromatic rings. The van der Waals surface area contributed by atoms with Crippen LogP contribution in [0.5, 0.6) is 0 Å². The number of furan rings is 2. The summed E-state index contributed by atoms with van der Waals surface area (Å²) in [5, 5.41) is 4.26. The van der Waals surface area contributed by atoms with Crippen molar-refractivity contribution in [2.24, 2.45) is 0 Å². The molecule has 50 heavy (non-hydrogen) atoms. The van der Waals surface area contributed by atoms with Crippen LogP contribution in [0.15, 0.2) is 179 Å². The van der Waals surface area contributed by atoms with E-state index in [0.29, 0.717) is 5.82 Å². The van der Waals surface area contributed by atoms with Crippen LogP contribution >= 0.6 is 0 Å². The number of fused-ring (bicyclic) bond motifs is 6. The van der Waals surface area contributed by atoms with E-state index in [2.05, 4.69) is 121 Å². The van der Waals surface area contributed by atoms with Crippen LogP contribution in [-0.2, 0) is 0 Å². The molecule has 0 saturated heterocycles. The lowest BCUT2D eigenvalue weighted by atomic mass is 9.95. The van der Waals surface area contributed by atoms with Crippen LogP contribution in [0.3, 0.4) is 0 Å². The summed E-state index contributed by atoms with van der Waals surface area (Å²) in [5.41, 5.74) is 12.0. The average Bonchev–Trinajstić information content (AvgIpc) is 3.77. The van der Waals surface area contributed by atoms with Gasteiger partial charge in [-0.05, 0) is 70.8 Å². The van der Waals surface area contributed by atoms with Gasteiger partial charge in [0.05, 0.1) is 11.4 Å². The van der Waals surface area contributed by atoms with Gasteiger partial charge in [-0.3, -0.25) is 0 Å². The number of benzene rings is 7. The van der Waals surface area contributed by atoms with E-state index in [1.807, 2.05) is 48.5 Å². The minimum absolute atomic E-state index is 0.619. The Hall–Kier alpha value is -6.78. The molecule has 0 saturated carbocycles. The first-order chi connectivity index (χ1) is 24.8. The Kier molecular flexibility index (Phi) is 6.46. The summed E-state index contributed by atoms with van der Waals surface area (Å²) in [7, 11) is 0. The lowest BCUT2D eigenvalue weighted by Crippen LogP contribution is -1.97. The minimum atomic E-state index is 0.619. The molecule has 3 heterocycles. The molecule has 0 aliphatic heterocycles. The summed E-state index contributed by atoms with van der Waals surface area (Å²) in [6, 6.07) is 58.5. The second-order valence-electron chi connectivity index (χ2n) is 12.6. The number of para-hydroxylation sites is 4. The van der Waals surface area contributed by atoms with Crippen LogP contribution in [-0.4, -0.2) is 9.97 Å². The molecular formula is C46H28N2O2. The maximum Gasteiger partial charge on any atom is 0.160 e. The van der Waals surface area contributed by atoms with Crippen LogP contribution in [0.2, 0.25) is 0 Å². The van der Waals surface area contributed by atoms with Gasteiger partial charge in [-0.2, -0.15) is 0 Å². The molecule has 234 valence electrons. The predicted octanol–water partition coefficient (Wildman–Crippen LogP) is 12.6. The molecule has 0 aliphatic carbocycles. The van der Waals surface area contributed by atoms with Gasteiger partial charge in [0.25, 0.3) is 0 Å². The third kappa shape index (κ3) is 4.69. The van der Waals surface area contributed by atoms with E-state index in [9.17, 15) is 0 Å². The fourth-order valence-electron chi connectivity index (χ4n) is 7.10. The average molecular weight is 641 g/mol. The zero-order chi connectivity index (χ0) is 33.0. The van der Waals surface area contributed by atoms with Gasteiger partial charge in [0.15, 0.2) is 5.82 Å². The van der Waals surface area contributed by atoms with Crippen molar-refractivity contribution in [2.45, 2.75) is 0 Å². The molecule has 0 spiro atoms. The largest absolute Gasteiger partial charge is 0.455 e. The van der Waals surface area contributed by atoms with Gasteiger partial charge < -0.3 is 8.83 Å². The predicted molar refractivity (Wildman–Crippen MR) is 204 cm³/mol.